The molecule has 20 heavy (non-hydrogen) atoms. The van der Waals surface area contributed by atoms with Crippen molar-refractivity contribution in [3.05, 3.63) is 29.3 Å². The average molecular weight is 284 g/mol. The zero-order chi connectivity index (χ0) is 15.0. The van der Waals surface area contributed by atoms with Crippen LogP contribution in [0.1, 0.15) is 56.3 Å². The first-order chi connectivity index (χ1) is 9.60. The Kier molecular flexibility index (Phi) is 7.20. The Bertz CT molecular complexity index is 433. The fourth-order valence-corrected chi connectivity index (χ4v) is 1.98. The van der Waals surface area contributed by atoms with Crippen molar-refractivity contribution < 1.29 is 18.3 Å². The Labute approximate surface area is 119 Å². The van der Waals surface area contributed by atoms with E-state index in [1.807, 2.05) is 6.92 Å². The maximum Gasteiger partial charge on any atom is 0.201 e. The fourth-order valence-electron chi connectivity index (χ4n) is 1.98. The topological polar surface area (TPSA) is 26.3 Å². The molecule has 0 aliphatic rings. The van der Waals surface area contributed by atoms with E-state index in [-0.39, 0.29) is 11.3 Å². The molecule has 4 heteroatoms. The van der Waals surface area contributed by atoms with Gasteiger partial charge in [0.1, 0.15) is 0 Å². The third kappa shape index (κ3) is 4.91. The van der Waals surface area contributed by atoms with Crippen molar-refractivity contribution in [1.29, 1.82) is 0 Å². The number of unbranched alkanes of at least 4 members (excludes halogenated alkanes) is 3. The van der Waals surface area contributed by atoms with Crippen LogP contribution in [0.25, 0.3) is 0 Å². The summed E-state index contributed by atoms with van der Waals surface area (Å²) in [5, 5.41) is 0. The first-order valence-electron chi connectivity index (χ1n) is 7.16. The molecule has 1 aromatic carbocycles. The predicted octanol–water partition coefficient (Wildman–Crippen LogP) is 4.76. The molecule has 0 heterocycles. The number of carbonyl (C=O) groups is 1. The summed E-state index contributed by atoms with van der Waals surface area (Å²) in [6, 6.07) is 2.53. The lowest BCUT2D eigenvalue weighted by Gasteiger charge is -2.14. The lowest BCUT2D eigenvalue weighted by Crippen LogP contribution is -2.10. The molecule has 1 rings (SSSR count). The van der Waals surface area contributed by atoms with Crippen LogP contribution in [-0.4, -0.2) is 12.9 Å². The van der Waals surface area contributed by atoms with Gasteiger partial charge in [-0.05, 0) is 24.5 Å². The molecule has 112 valence electrons. The van der Waals surface area contributed by atoms with E-state index in [4.69, 9.17) is 4.74 Å². The van der Waals surface area contributed by atoms with E-state index >= 15 is 0 Å². The molecule has 0 bridgehead atoms. The highest BCUT2D eigenvalue weighted by atomic mass is 19.2. The van der Waals surface area contributed by atoms with Crippen molar-refractivity contribution >= 4 is 6.29 Å². The Hall–Kier alpha value is -1.45. The van der Waals surface area contributed by atoms with Gasteiger partial charge in [0, 0.05) is 0 Å². The quantitative estimate of drug-likeness (QED) is 0.482. The summed E-state index contributed by atoms with van der Waals surface area (Å²) in [6.07, 6.45) is 6.03. The van der Waals surface area contributed by atoms with E-state index < -0.39 is 11.6 Å². The van der Waals surface area contributed by atoms with Gasteiger partial charge in [-0.3, -0.25) is 4.79 Å². The maximum absolute atomic E-state index is 13.6. The largest absolute Gasteiger partial charge is 0.490 e. The number of halogens is 2. The van der Waals surface area contributed by atoms with Gasteiger partial charge in [-0.2, -0.15) is 4.39 Å². The number of rotatable bonds is 9. The number of hydrogen-bond acceptors (Lipinski definition) is 2. The predicted molar refractivity (Wildman–Crippen MR) is 75.2 cm³/mol. The van der Waals surface area contributed by atoms with Gasteiger partial charge >= 0.3 is 0 Å². The van der Waals surface area contributed by atoms with Crippen molar-refractivity contribution in [1.82, 2.24) is 0 Å². The van der Waals surface area contributed by atoms with Crippen molar-refractivity contribution in [3.63, 3.8) is 0 Å². The summed E-state index contributed by atoms with van der Waals surface area (Å²) in [4.78, 5) is 10.5. The third-order valence-corrected chi connectivity index (χ3v) is 3.28. The van der Waals surface area contributed by atoms with Crippen LogP contribution in [0.15, 0.2) is 12.1 Å². The van der Waals surface area contributed by atoms with Crippen LogP contribution < -0.4 is 4.74 Å². The van der Waals surface area contributed by atoms with Gasteiger partial charge in [0.2, 0.25) is 5.82 Å². The van der Waals surface area contributed by atoms with Crippen molar-refractivity contribution in [3.8, 4) is 5.75 Å². The number of ether oxygens (including phenoxy) is 1. The number of aldehydes is 1. The van der Waals surface area contributed by atoms with Gasteiger partial charge in [0.15, 0.2) is 17.9 Å². The SMILES string of the molecule is CCCCCCC(C)COc1ccc(C=O)c(F)c1F. The van der Waals surface area contributed by atoms with E-state index in [0.717, 1.165) is 12.8 Å². The molecule has 0 N–H and O–H groups in total. The standard InChI is InChI=1S/C16H22F2O2/c1-3-4-5-6-7-12(2)11-20-14-9-8-13(10-19)15(17)16(14)18/h8-10,12H,3-7,11H2,1-2H3. The van der Waals surface area contributed by atoms with Crippen LogP contribution in [0, 0.1) is 17.6 Å². The molecule has 0 fully saturated rings. The summed E-state index contributed by atoms with van der Waals surface area (Å²) in [5.74, 6) is -2.07. The van der Waals surface area contributed by atoms with Crippen LogP contribution >= 0.6 is 0 Å². The molecule has 0 saturated carbocycles. The molecule has 0 saturated heterocycles. The van der Waals surface area contributed by atoms with Crippen LogP contribution in [0.4, 0.5) is 8.78 Å². The lowest BCUT2D eigenvalue weighted by molar-refractivity contribution is 0.111. The monoisotopic (exact) mass is 284 g/mol. The second-order valence-electron chi connectivity index (χ2n) is 5.16. The molecule has 1 unspecified atom stereocenters. The van der Waals surface area contributed by atoms with Gasteiger partial charge in [-0.25, -0.2) is 4.39 Å². The summed E-state index contributed by atoms with van der Waals surface area (Å²) < 4.78 is 32.3. The number of benzene rings is 1. The maximum atomic E-state index is 13.6. The minimum atomic E-state index is -1.15. The zero-order valence-electron chi connectivity index (χ0n) is 12.1. The van der Waals surface area contributed by atoms with Crippen LogP contribution in [0.2, 0.25) is 0 Å². The van der Waals surface area contributed by atoms with Crippen molar-refractivity contribution in [2.75, 3.05) is 6.61 Å². The molecule has 0 aliphatic heterocycles. The van der Waals surface area contributed by atoms with Crippen LogP contribution in [0.5, 0.6) is 5.75 Å². The Morgan fingerprint density at radius 3 is 2.60 bits per heavy atom. The molecular weight excluding hydrogens is 262 g/mol. The molecule has 0 radical (unpaired) electrons. The first-order valence-corrected chi connectivity index (χ1v) is 7.16. The highest BCUT2D eigenvalue weighted by Gasteiger charge is 2.14. The minimum Gasteiger partial charge on any atom is -0.490 e. The molecule has 0 aromatic heterocycles. The second kappa shape index (κ2) is 8.67. The van der Waals surface area contributed by atoms with Crippen LogP contribution in [0.3, 0.4) is 0 Å². The van der Waals surface area contributed by atoms with Gasteiger partial charge in [-0.15, -0.1) is 0 Å². The summed E-state index contributed by atoms with van der Waals surface area (Å²) in [5.41, 5.74) is -0.289. The fraction of sp³-hybridized carbons (Fsp3) is 0.562. The van der Waals surface area contributed by atoms with Gasteiger partial charge in [0.05, 0.1) is 12.2 Å². The normalized spacial score (nSPS) is 12.2. The van der Waals surface area contributed by atoms with Crippen LogP contribution in [-0.2, 0) is 0 Å². The molecule has 1 aromatic rings. The van der Waals surface area contributed by atoms with Crippen molar-refractivity contribution in [2.45, 2.75) is 46.0 Å². The second-order valence-corrected chi connectivity index (χ2v) is 5.16. The highest BCUT2D eigenvalue weighted by molar-refractivity contribution is 5.75. The molecule has 0 amide bonds. The van der Waals surface area contributed by atoms with E-state index in [2.05, 4.69) is 6.92 Å². The smallest absolute Gasteiger partial charge is 0.201 e. The highest BCUT2D eigenvalue weighted by Crippen LogP contribution is 2.23. The summed E-state index contributed by atoms with van der Waals surface area (Å²) in [7, 11) is 0. The average Bonchev–Trinajstić information content (AvgIpc) is 2.45. The molecule has 1 atom stereocenters. The molecule has 2 nitrogen and oxygen atoms in total. The lowest BCUT2D eigenvalue weighted by atomic mass is 10.0. The third-order valence-electron chi connectivity index (χ3n) is 3.28. The molecule has 0 spiro atoms. The molecule has 0 aliphatic carbocycles. The number of carbonyl (C=O) groups excluding carboxylic acids is 1. The minimum absolute atomic E-state index is 0.131. The Morgan fingerprint density at radius 2 is 1.95 bits per heavy atom. The molecular formula is C16H22F2O2. The van der Waals surface area contributed by atoms with E-state index in [1.165, 1.54) is 31.4 Å². The summed E-state index contributed by atoms with van der Waals surface area (Å²) >= 11 is 0. The number of hydrogen-bond donors (Lipinski definition) is 0. The summed E-state index contributed by atoms with van der Waals surface area (Å²) in [6.45, 7) is 4.54. The van der Waals surface area contributed by atoms with Gasteiger partial charge in [-0.1, -0.05) is 39.5 Å². The van der Waals surface area contributed by atoms with Gasteiger partial charge < -0.3 is 4.74 Å². The first kappa shape index (κ1) is 16.6. The van der Waals surface area contributed by atoms with Gasteiger partial charge in [0.25, 0.3) is 0 Å². The Balaban J connectivity index is 2.45. The Morgan fingerprint density at radius 1 is 1.20 bits per heavy atom. The van der Waals surface area contributed by atoms with E-state index in [9.17, 15) is 13.6 Å². The van der Waals surface area contributed by atoms with E-state index in [1.54, 1.807) is 0 Å². The van der Waals surface area contributed by atoms with E-state index in [0.29, 0.717) is 18.8 Å². The zero-order valence-corrected chi connectivity index (χ0v) is 12.1. The van der Waals surface area contributed by atoms with Crippen molar-refractivity contribution in [2.24, 2.45) is 5.92 Å².